The monoisotopic (exact) mass is 466 g/mol. The largest absolute Gasteiger partial charge is 0.368 e. The minimum atomic E-state index is -0.278. The normalized spacial score (nSPS) is 15.2. The molecule has 0 amide bonds. The predicted octanol–water partition coefficient (Wildman–Crippen LogP) is 2.76. The van der Waals surface area contributed by atoms with Gasteiger partial charge in [0.05, 0.1) is 22.4 Å². The molecule has 4 aromatic rings. The zero-order valence-corrected chi connectivity index (χ0v) is 18.8. The first-order valence-corrected chi connectivity index (χ1v) is 10.0. The lowest BCUT2D eigenvalue weighted by Gasteiger charge is -2.42. The summed E-state index contributed by atoms with van der Waals surface area (Å²) in [6, 6.07) is 12.8. The van der Waals surface area contributed by atoms with Crippen molar-refractivity contribution in [1.82, 2.24) is 24.1 Å². The molecule has 1 aliphatic heterocycles. The molecule has 11 heteroatoms. The highest BCUT2D eigenvalue weighted by atomic mass is 35.5. The molecule has 3 aromatic heterocycles. The van der Waals surface area contributed by atoms with Gasteiger partial charge in [-0.3, -0.25) is 9.36 Å². The van der Waals surface area contributed by atoms with Crippen molar-refractivity contribution in [2.45, 2.75) is 19.4 Å². The van der Waals surface area contributed by atoms with Crippen LogP contribution in [0, 0.1) is 18.3 Å². The second kappa shape index (κ2) is 8.18. The third kappa shape index (κ3) is 3.26. The fourth-order valence-electron chi connectivity index (χ4n) is 3.92. The van der Waals surface area contributed by atoms with E-state index in [-0.39, 0.29) is 31.0 Å². The maximum atomic E-state index is 13.5. The third-order valence-electron chi connectivity index (χ3n) is 5.47. The standard InChI is InChI=1S/C21H17ClN8O.H2S/c1-12-14(11-23)18(26-21(24)25-12)28-9-8-16(28)19-27-29-10-7-15(22)17(29)20(31)30(19)13-5-3-2-4-6-13;/h2-7,10,16H,8-9H2,1H3,(H2,24,25,26);1H2/t16-;/m0./s1. The Morgan fingerprint density at radius 2 is 1.97 bits per heavy atom. The van der Waals surface area contributed by atoms with Crippen molar-refractivity contribution in [1.29, 1.82) is 5.26 Å². The van der Waals surface area contributed by atoms with E-state index >= 15 is 0 Å². The van der Waals surface area contributed by atoms with E-state index in [0.717, 1.165) is 6.42 Å². The Bertz CT molecular complexity index is 1430. The number of hydrogen-bond acceptors (Lipinski definition) is 7. The molecule has 0 unspecified atom stereocenters. The number of rotatable bonds is 3. The minimum Gasteiger partial charge on any atom is -0.368 e. The Morgan fingerprint density at radius 1 is 1.22 bits per heavy atom. The van der Waals surface area contributed by atoms with Crippen LogP contribution in [-0.4, -0.2) is 30.7 Å². The van der Waals surface area contributed by atoms with Gasteiger partial charge in [0.25, 0.3) is 5.56 Å². The van der Waals surface area contributed by atoms with Crippen molar-refractivity contribution in [3.63, 3.8) is 0 Å². The molecule has 4 heterocycles. The van der Waals surface area contributed by atoms with Crippen molar-refractivity contribution in [3.8, 4) is 11.8 Å². The molecule has 1 aromatic carbocycles. The van der Waals surface area contributed by atoms with Crippen LogP contribution >= 0.6 is 25.1 Å². The van der Waals surface area contributed by atoms with Crippen molar-refractivity contribution in [3.05, 3.63) is 75.1 Å². The number of hydrogen-bond donors (Lipinski definition) is 1. The topological polar surface area (TPSA) is 118 Å². The summed E-state index contributed by atoms with van der Waals surface area (Å²) < 4.78 is 3.07. The fraction of sp³-hybridized carbons (Fsp3) is 0.190. The van der Waals surface area contributed by atoms with Crippen LogP contribution in [-0.2, 0) is 0 Å². The summed E-state index contributed by atoms with van der Waals surface area (Å²) in [5.74, 6) is 1.07. The summed E-state index contributed by atoms with van der Waals surface area (Å²) in [6.07, 6.45) is 2.39. The van der Waals surface area contributed by atoms with Crippen LogP contribution < -0.4 is 16.2 Å². The first-order chi connectivity index (χ1) is 15.0. The van der Waals surface area contributed by atoms with E-state index in [9.17, 15) is 10.1 Å². The van der Waals surface area contributed by atoms with E-state index in [1.807, 2.05) is 35.2 Å². The maximum Gasteiger partial charge on any atom is 0.284 e. The molecule has 32 heavy (non-hydrogen) atoms. The number of nitriles is 1. The van der Waals surface area contributed by atoms with Crippen LogP contribution in [0.25, 0.3) is 11.2 Å². The van der Waals surface area contributed by atoms with E-state index in [2.05, 4.69) is 16.0 Å². The van der Waals surface area contributed by atoms with Crippen LogP contribution in [0.3, 0.4) is 0 Å². The van der Waals surface area contributed by atoms with Gasteiger partial charge in [0, 0.05) is 12.7 Å². The first-order valence-electron chi connectivity index (χ1n) is 9.65. The van der Waals surface area contributed by atoms with Crippen molar-refractivity contribution in [2.24, 2.45) is 0 Å². The van der Waals surface area contributed by atoms with Crippen molar-refractivity contribution >= 4 is 42.4 Å². The van der Waals surface area contributed by atoms with Gasteiger partial charge in [-0.15, -0.1) is 0 Å². The van der Waals surface area contributed by atoms with E-state index < -0.39 is 0 Å². The zero-order valence-electron chi connectivity index (χ0n) is 17.0. The Labute approximate surface area is 195 Å². The van der Waals surface area contributed by atoms with Gasteiger partial charge in [-0.2, -0.15) is 28.8 Å². The molecule has 0 saturated carbocycles. The number of para-hydroxylation sites is 1. The van der Waals surface area contributed by atoms with Gasteiger partial charge >= 0.3 is 0 Å². The minimum absolute atomic E-state index is 0. The zero-order chi connectivity index (χ0) is 21.7. The fourth-order valence-corrected chi connectivity index (χ4v) is 4.14. The molecular formula is C21H19ClN8OS. The number of nitrogens with two attached hydrogens (primary N) is 1. The van der Waals surface area contributed by atoms with E-state index in [4.69, 9.17) is 22.4 Å². The Balaban J connectivity index is 0.00000245. The average Bonchev–Trinajstić information content (AvgIpc) is 3.09. The van der Waals surface area contributed by atoms with Crippen LogP contribution in [0.15, 0.2) is 47.4 Å². The Morgan fingerprint density at radius 3 is 2.62 bits per heavy atom. The molecule has 1 aliphatic rings. The molecule has 1 fully saturated rings. The van der Waals surface area contributed by atoms with Gasteiger partial charge in [-0.1, -0.05) is 29.8 Å². The highest BCUT2D eigenvalue weighted by Crippen LogP contribution is 2.38. The second-order valence-electron chi connectivity index (χ2n) is 7.27. The number of nitrogens with zero attached hydrogens (tertiary/aromatic N) is 7. The van der Waals surface area contributed by atoms with Crippen molar-refractivity contribution in [2.75, 3.05) is 17.2 Å². The summed E-state index contributed by atoms with van der Waals surface area (Å²) in [5.41, 5.74) is 7.45. The molecule has 1 atom stereocenters. The molecule has 9 nitrogen and oxygen atoms in total. The molecule has 2 N–H and O–H groups in total. The van der Waals surface area contributed by atoms with E-state index in [0.29, 0.717) is 45.7 Å². The predicted molar refractivity (Wildman–Crippen MR) is 127 cm³/mol. The number of benzene rings is 1. The van der Waals surface area contributed by atoms with E-state index in [1.165, 1.54) is 4.52 Å². The number of anilines is 2. The molecule has 0 aliphatic carbocycles. The third-order valence-corrected chi connectivity index (χ3v) is 5.77. The quantitative estimate of drug-likeness (QED) is 0.493. The van der Waals surface area contributed by atoms with Gasteiger partial charge in [0.1, 0.15) is 17.1 Å². The SMILES string of the molecule is Cc1nc(N)nc(N2CC[C@H]2c2nn3ccc(Cl)c3c(=O)n2-c2ccccc2)c1C#N.S. The number of fused-ring (bicyclic) bond motifs is 1. The number of aryl methyl sites for hydroxylation is 1. The number of halogens is 1. The molecule has 162 valence electrons. The summed E-state index contributed by atoms with van der Waals surface area (Å²) in [5, 5.41) is 14.7. The van der Waals surface area contributed by atoms with Crippen LogP contribution in [0.5, 0.6) is 0 Å². The molecule has 5 rings (SSSR count). The van der Waals surface area contributed by atoms with Crippen molar-refractivity contribution < 1.29 is 0 Å². The molecule has 0 bridgehead atoms. The lowest BCUT2D eigenvalue weighted by atomic mass is 10.0. The summed E-state index contributed by atoms with van der Waals surface area (Å²) in [6.45, 7) is 2.37. The van der Waals surface area contributed by atoms with Gasteiger partial charge in [-0.05, 0) is 31.5 Å². The molecule has 0 spiro atoms. The van der Waals surface area contributed by atoms with Gasteiger partial charge < -0.3 is 10.6 Å². The first kappa shape index (κ1) is 21.7. The Kier molecular flexibility index (Phi) is 5.54. The summed E-state index contributed by atoms with van der Waals surface area (Å²) >= 11 is 6.26. The highest BCUT2D eigenvalue weighted by Gasteiger charge is 2.37. The van der Waals surface area contributed by atoms with Crippen LogP contribution in [0.2, 0.25) is 5.02 Å². The molecule has 1 saturated heterocycles. The van der Waals surface area contributed by atoms with Gasteiger partial charge in [0.2, 0.25) is 5.95 Å². The van der Waals surface area contributed by atoms with Gasteiger partial charge in [-0.25, -0.2) is 9.50 Å². The summed E-state index contributed by atoms with van der Waals surface area (Å²) in [4.78, 5) is 23.8. The van der Waals surface area contributed by atoms with Crippen LogP contribution in [0.4, 0.5) is 11.8 Å². The highest BCUT2D eigenvalue weighted by molar-refractivity contribution is 7.59. The van der Waals surface area contributed by atoms with E-state index in [1.54, 1.807) is 23.8 Å². The second-order valence-corrected chi connectivity index (χ2v) is 7.67. The maximum absolute atomic E-state index is 13.5. The molecule has 0 radical (unpaired) electrons. The summed E-state index contributed by atoms with van der Waals surface area (Å²) in [7, 11) is 0. The lowest BCUT2D eigenvalue weighted by molar-refractivity contribution is 0.422. The lowest BCUT2D eigenvalue weighted by Crippen LogP contribution is -2.45. The number of nitrogen functional groups attached to an aromatic ring is 1. The number of aromatic nitrogens is 5. The Hall–Kier alpha value is -3.55. The smallest absolute Gasteiger partial charge is 0.284 e. The average molecular weight is 467 g/mol. The van der Waals surface area contributed by atoms with Gasteiger partial charge in [0.15, 0.2) is 11.6 Å². The molecular weight excluding hydrogens is 448 g/mol. The van der Waals surface area contributed by atoms with Crippen LogP contribution in [0.1, 0.15) is 29.5 Å².